The number of fused-ring (bicyclic) bond motifs is 1. The van der Waals surface area contributed by atoms with Gasteiger partial charge in [-0.1, -0.05) is 41.9 Å². The van der Waals surface area contributed by atoms with Crippen LogP contribution in [0.4, 0.5) is 0 Å². The molecule has 0 heterocycles. The van der Waals surface area contributed by atoms with Gasteiger partial charge in [-0.3, -0.25) is 4.79 Å². The molecule has 0 radical (unpaired) electrons. The van der Waals surface area contributed by atoms with Gasteiger partial charge in [-0.15, -0.1) is 0 Å². The molecule has 2 aromatic rings. The Morgan fingerprint density at radius 3 is 2.64 bits per heavy atom. The maximum atomic E-state index is 11.2. The second kappa shape index (κ2) is 7.59. The van der Waals surface area contributed by atoms with E-state index in [1.807, 2.05) is 14.0 Å². The minimum absolute atomic E-state index is 0.00457. The molecule has 0 saturated carbocycles. The summed E-state index contributed by atoms with van der Waals surface area (Å²) in [5, 5.41) is 7.14. The Hall–Kier alpha value is -1.84. The maximum Gasteiger partial charge on any atom is 0.217 e. The van der Waals surface area contributed by atoms with E-state index < -0.39 is 0 Å². The van der Waals surface area contributed by atoms with Gasteiger partial charge in [0.15, 0.2) is 0 Å². The minimum Gasteiger partial charge on any atom is -0.352 e. The van der Waals surface area contributed by atoms with Crippen LogP contribution in [0.1, 0.15) is 59.5 Å². The first-order chi connectivity index (χ1) is 12.0. The van der Waals surface area contributed by atoms with Gasteiger partial charge in [-0.2, -0.15) is 0 Å². The summed E-state index contributed by atoms with van der Waals surface area (Å²) >= 11 is 6.36. The molecule has 2 aromatic carbocycles. The zero-order chi connectivity index (χ0) is 18.0. The van der Waals surface area contributed by atoms with Crippen LogP contribution in [0.25, 0.3) is 0 Å². The van der Waals surface area contributed by atoms with Crippen LogP contribution in [0.3, 0.4) is 0 Å². The third kappa shape index (κ3) is 3.88. The van der Waals surface area contributed by atoms with Gasteiger partial charge in [-0.25, -0.2) is 0 Å². The molecule has 1 aliphatic carbocycles. The van der Waals surface area contributed by atoms with Gasteiger partial charge in [0.25, 0.3) is 0 Å². The van der Waals surface area contributed by atoms with E-state index in [1.54, 1.807) is 6.92 Å². The molecular formula is C21H25ClN2O. The first-order valence-corrected chi connectivity index (χ1v) is 9.18. The Bertz CT molecular complexity index is 787. The number of benzene rings is 2. The highest BCUT2D eigenvalue weighted by molar-refractivity contribution is 6.31. The van der Waals surface area contributed by atoms with Crippen molar-refractivity contribution in [3.05, 3.63) is 69.2 Å². The molecular weight excluding hydrogens is 332 g/mol. The van der Waals surface area contributed by atoms with E-state index in [-0.39, 0.29) is 5.91 Å². The molecule has 0 saturated heterocycles. The van der Waals surface area contributed by atoms with Gasteiger partial charge in [-0.05, 0) is 60.7 Å². The summed E-state index contributed by atoms with van der Waals surface area (Å²) in [6, 6.07) is 13.3. The molecule has 0 aliphatic heterocycles. The highest BCUT2D eigenvalue weighted by Gasteiger charge is 2.27. The maximum absolute atomic E-state index is 11.2. The topological polar surface area (TPSA) is 41.1 Å². The molecule has 0 spiro atoms. The van der Waals surface area contributed by atoms with Crippen molar-refractivity contribution in [3.63, 3.8) is 0 Å². The monoisotopic (exact) mass is 356 g/mol. The van der Waals surface area contributed by atoms with Gasteiger partial charge < -0.3 is 10.6 Å². The van der Waals surface area contributed by atoms with Gasteiger partial charge in [0.05, 0.1) is 0 Å². The largest absolute Gasteiger partial charge is 0.352 e. The van der Waals surface area contributed by atoms with Crippen molar-refractivity contribution in [1.82, 2.24) is 10.6 Å². The molecule has 1 aliphatic rings. The standard InChI is InChI=1S/C21H25ClN2O/c1-13-4-6-16(11-20(13)22)17-8-9-21(23-3)19-10-15(5-7-18(17)19)12-24-14(2)25/h4-7,10-11,17,21,23H,8-9,12H2,1-3H3,(H,24,25)/t17-,21-/m0/s1. The number of carbonyl (C=O) groups is 1. The fourth-order valence-electron chi connectivity index (χ4n) is 3.70. The van der Waals surface area contributed by atoms with Crippen LogP contribution in [0.2, 0.25) is 5.02 Å². The second-order valence-electron chi connectivity index (χ2n) is 6.85. The number of hydrogen-bond donors (Lipinski definition) is 2. The number of amides is 1. The number of carbonyl (C=O) groups excluding carboxylic acids is 1. The van der Waals surface area contributed by atoms with E-state index in [0.717, 1.165) is 29.0 Å². The number of rotatable bonds is 4. The van der Waals surface area contributed by atoms with Gasteiger partial charge in [0.1, 0.15) is 0 Å². The number of halogens is 1. The molecule has 3 rings (SSSR count). The van der Waals surface area contributed by atoms with E-state index in [9.17, 15) is 4.79 Å². The summed E-state index contributed by atoms with van der Waals surface area (Å²) in [6.45, 7) is 4.15. The molecule has 2 N–H and O–H groups in total. The molecule has 2 atom stereocenters. The Balaban J connectivity index is 1.97. The van der Waals surface area contributed by atoms with Gasteiger partial charge in [0.2, 0.25) is 5.91 Å². The smallest absolute Gasteiger partial charge is 0.217 e. The zero-order valence-electron chi connectivity index (χ0n) is 15.0. The van der Waals surface area contributed by atoms with Crippen LogP contribution >= 0.6 is 11.6 Å². The van der Waals surface area contributed by atoms with Crippen LogP contribution in [-0.4, -0.2) is 13.0 Å². The van der Waals surface area contributed by atoms with Crippen molar-refractivity contribution in [2.45, 2.75) is 45.2 Å². The Morgan fingerprint density at radius 1 is 1.16 bits per heavy atom. The zero-order valence-corrected chi connectivity index (χ0v) is 15.8. The van der Waals surface area contributed by atoms with E-state index in [2.05, 4.69) is 47.0 Å². The summed E-state index contributed by atoms with van der Waals surface area (Å²) in [4.78, 5) is 11.2. The third-order valence-electron chi connectivity index (χ3n) is 5.13. The molecule has 132 valence electrons. The van der Waals surface area contributed by atoms with E-state index in [4.69, 9.17) is 11.6 Å². The van der Waals surface area contributed by atoms with Crippen molar-refractivity contribution in [3.8, 4) is 0 Å². The highest BCUT2D eigenvalue weighted by Crippen LogP contribution is 2.42. The van der Waals surface area contributed by atoms with E-state index >= 15 is 0 Å². The van der Waals surface area contributed by atoms with E-state index in [1.165, 1.54) is 16.7 Å². The quantitative estimate of drug-likeness (QED) is 0.848. The predicted octanol–water partition coefficient (Wildman–Crippen LogP) is 4.47. The summed E-state index contributed by atoms with van der Waals surface area (Å²) < 4.78 is 0. The molecule has 25 heavy (non-hydrogen) atoms. The number of aryl methyl sites for hydroxylation is 1. The van der Waals surface area contributed by atoms with Crippen molar-refractivity contribution < 1.29 is 4.79 Å². The lowest BCUT2D eigenvalue weighted by Crippen LogP contribution is -2.25. The van der Waals surface area contributed by atoms with Crippen LogP contribution in [-0.2, 0) is 11.3 Å². The van der Waals surface area contributed by atoms with Crippen LogP contribution < -0.4 is 10.6 Å². The number of hydrogen-bond acceptors (Lipinski definition) is 2. The van der Waals surface area contributed by atoms with Crippen LogP contribution in [0, 0.1) is 6.92 Å². The molecule has 0 aromatic heterocycles. The molecule has 1 amide bonds. The average molecular weight is 357 g/mol. The lowest BCUT2D eigenvalue weighted by Gasteiger charge is -2.32. The average Bonchev–Trinajstić information content (AvgIpc) is 2.61. The van der Waals surface area contributed by atoms with Gasteiger partial charge >= 0.3 is 0 Å². The lowest BCUT2D eigenvalue weighted by atomic mass is 9.76. The predicted molar refractivity (Wildman–Crippen MR) is 103 cm³/mol. The van der Waals surface area contributed by atoms with Crippen molar-refractivity contribution in [1.29, 1.82) is 0 Å². The summed E-state index contributed by atoms with van der Waals surface area (Å²) in [5.41, 5.74) is 6.22. The normalized spacial score (nSPS) is 19.4. The number of nitrogens with one attached hydrogen (secondary N) is 2. The van der Waals surface area contributed by atoms with Crippen molar-refractivity contribution in [2.75, 3.05) is 7.05 Å². The summed E-state index contributed by atoms with van der Waals surface area (Å²) in [5.74, 6) is 0.363. The third-order valence-corrected chi connectivity index (χ3v) is 5.54. The molecule has 0 fully saturated rings. The molecule has 3 nitrogen and oxygen atoms in total. The van der Waals surface area contributed by atoms with Gasteiger partial charge in [0, 0.05) is 30.5 Å². The highest BCUT2D eigenvalue weighted by atomic mass is 35.5. The Morgan fingerprint density at radius 2 is 1.96 bits per heavy atom. The van der Waals surface area contributed by atoms with Crippen molar-refractivity contribution >= 4 is 17.5 Å². The fraction of sp³-hybridized carbons (Fsp3) is 0.381. The molecule has 0 bridgehead atoms. The van der Waals surface area contributed by atoms with Crippen LogP contribution in [0.5, 0.6) is 0 Å². The van der Waals surface area contributed by atoms with Crippen LogP contribution in [0.15, 0.2) is 36.4 Å². The van der Waals surface area contributed by atoms with E-state index in [0.29, 0.717) is 18.5 Å². The summed E-state index contributed by atoms with van der Waals surface area (Å²) in [6.07, 6.45) is 2.19. The SMILES string of the molecule is CN[C@H]1CC[C@@H](c2ccc(C)c(Cl)c2)c2ccc(CNC(C)=O)cc21. The second-order valence-corrected chi connectivity index (χ2v) is 7.26. The molecule has 0 unspecified atom stereocenters. The first kappa shape index (κ1) is 18.0. The fourth-order valence-corrected chi connectivity index (χ4v) is 3.89. The first-order valence-electron chi connectivity index (χ1n) is 8.80. The Kier molecular flexibility index (Phi) is 5.45. The molecule has 4 heteroatoms. The lowest BCUT2D eigenvalue weighted by molar-refractivity contribution is -0.119. The summed E-state index contributed by atoms with van der Waals surface area (Å²) in [7, 11) is 2.01. The Labute approximate surface area is 154 Å². The minimum atomic E-state index is -0.00457. The van der Waals surface area contributed by atoms with Crippen molar-refractivity contribution in [2.24, 2.45) is 0 Å².